The second-order valence-corrected chi connectivity index (χ2v) is 5.29. The highest BCUT2D eigenvalue weighted by atomic mass is 16.5. The maximum absolute atomic E-state index is 11.9. The lowest BCUT2D eigenvalue weighted by Gasteiger charge is -2.09. The molecule has 0 aliphatic carbocycles. The summed E-state index contributed by atoms with van der Waals surface area (Å²) in [6.45, 7) is 1.83. The van der Waals surface area contributed by atoms with Gasteiger partial charge in [-0.1, -0.05) is 30.3 Å². The number of methoxy groups -OCH3 is 2. The number of carbonyl (C=O) groups excluding carboxylic acids is 1. The Labute approximate surface area is 142 Å². The average molecular weight is 326 g/mol. The Kier molecular flexibility index (Phi) is 6.37. The fourth-order valence-electron chi connectivity index (χ4n) is 2.23. The first kappa shape index (κ1) is 17.5. The van der Waals surface area contributed by atoms with Gasteiger partial charge in [0.15, 0.2) is 11.5 Å². The van der Waals surface area contributed by atoms with Crippen LogP contribution in [0.1, 0.15) is 24.5 Å². The lowest BCUT2D eigenvalue weighted by Crippen LogP contribution is -2.19. The summed E-state index contributed by atoms with van der Waals surface area (Å²) in [5.41, 5.74) is 5.28. The smallest absolute Gasteiger partial charge is 0.240 e. The largest absolute Gasteiger partial charge is 0.493 e. The van der Waals surface area contributed by atoms with Crippen LogP contribution in [0.5, 0.6) is 11.5 Å². The molecule has 24 heavy (non-hydrogen) atoms. The highest BCUT2D eigenvalue weighted by molar-refractivity contribution is 5.99. The average Bonchev–Trinajstić information content (AvgIpc) is 2.64. The first-order valence-electron chi connectivity index (χ1n) is 7.73. The SMILES string of the molecule is COc1ccc(C(C)=NNC(=O)CCc2ccccc2)cc1OC. The molecule has 2 rings (SSSR count). The van der Waals surface area contributed by atoms with Crippen molar-refractivity contribution in [2.45, 2.75) is 19.8 Å². The number of aryl methyl sites for hydroxylation is 1. The van der Waals surface area contributed by atoms with Gasteiger partial charge in [0.1, 0.15) is 0 Å². The molecule has 0 saturated carbocycles. The number of hydrogen-bond donors (Lipinski definition) is 1. The van der Waals surface area contributed by atoms with Crippen molar-refractivity contribution in [2.75, 3.05) is 14.2 Å². The Balaban J connectivity index is 1.94. The second kappa shape index (κ2) is 8.72. The van der Waals surface area contributed by atoms with Gasteiger partial charge in [0.25, 0.3) is 0 Å². The van der Waals surface area contributed by atoms with Gasteiger partial charge in [-0.25, -0.2) is 5.43 Å². The molecule has 0 aromatic heterocycles. The Bertz CT molecular complexity index is 712. The predicted molar refractivity (Wildman–Crippen MR) is 94.7 cm³/mol. The Morgan fingerprint density at radius 3 is 2.42 bits per heavy atom. The minimum atomic E-state index is -0.112. The van der Waals surface area contributed by atoms with Gasteiger partial charge in [0.2, 0.25) is 5.91 Å². The monoisotopic (exact) mass is 326 g/mol. The molecule has 0 saturated heterocycles. The van der Waals surface area contributed by atoms with E-state index in [2.05, 4.69) is 10.5 Å². The van der Waals surface area contributed by atoms with Crippen LogP contribution in [-0.2, 0) is 11.2 Å². The summed E-state index contributed by atoms with van der Waals surface area (Å²) in [5, 5.41) is 4.16. The zero-order chi connectivity index (χ0) is 17.4. The fourth-order valence-corrected chi connectivity index (χ4v) is 2.23. The van der Waals surface area contributed by atoms with E-state index in [1.807, 2.05) is 55.5 Å². The lowest BCUT2D eigenvalue weighted by atomic mass is 10.1. The maximum Gasteiger partial charge on any atom is 0.240 e. The van der Waals surface area contributed by atoms with Crippen LogP contribution in [0.4, 0.5) is 0 Å². The van der Waals surface area contributed by atoms with E-state index in [-0.39, 0.29) is 5.91 Å². The molecule has 0 aliphatic heterocycles. The van der Waals surface area contributed by atoms with Crippen molar-refractivity contribution in [3.8, 4) is 11.5 Å². The summed E-state index contributed by atoms with van der Waals surface area (Å²) in [4.78, 5) is 11.9. The molecule has 0 bridgehead atoms. The van der Waals surface area contributed by atoms with Crippen LogP contribution in [0.3, 0.4) is 0 Å². The number of rotatable bonds is 7. The minimum Gasteiger partial charge on any atom is -0.493 e. The van der Waals surface area contributed by atoms with Crippen molar-refractivity contribution < 1.29 is 14.3 Å². The summed E-state index contributed by atoms with van der Waals surface area (Å²) >= 11 is 0. The van der Waals surface area contributed by atoms with Crippen molar-refractivity contribution in [2.24, 2.45) is 5.10 Å². The predicted octanol–water partition coefficient (Wildman–Crippen LogP) is 3.18. The first-order chi connectivity index (χ1) is 11.6. The van der Waals surface area contributed by atoms with Crippen molar-refractivity contribution in [1.29, 1.82) is 0 Å². The summed E-state index contributed by atoms with van der Waals surface area (Å²) < 4.78 is 10.5. The van der Waals surface area contributed by atoms with Crippen LogP contribution in [0.15, 0.2) is 53.6 Å². The highest BCUT2D eigenvalue weighted by Crippen LogP contribution is 2.27. The van der Waals surface area contributed by atoms with Gasteiger partial charge < -0.3 is 9.47 Å². The molecule has 0 aliphatic rings. The standard InChI is InChI=1S/C19H22N2O3/c1-14(16-10-11-17(23-2)18(13-16)24-3)20-21-19(22)12-9-15-7-5-4-6-8-15/h4-8,10-11,13H,9,12H2,1-3H3,(H,21,22). The lowest BCUT2D eigenvalue weighted by molar-refractivity contribution is -0.121. The minimum absolute atomic E-state index is 0.112. The third-order valence-corrected chi connectivity index (χ3v) is 3.63. The van der Waals surface area contributed by atoms with E-state index in [0.29, 0.717) is 30.1 Å². The molecule has 5 heteroatoms. The Hall–Kier alpha value is -2.82. The van der Waals surface area contributed by atoms with Crippen molar-refractivity contribution in [3.63, 3.8) is 0 Å². The van der Waals surface area contributed by atoms with E-state index in [9.17, 15) is 4.79 Å². The van der Waals surface area contributed by atoms with Crippen LogP contribution in [0.25, 0.3) is 0 Å². The van der Waals surface area contributed by atoms with E-state index in [0.717, 1.165) is 11.1 Å². The van der Waals surface area contributed by atoms with Crippen molar-refractivity contribution in [3.05, 3.63) is 59.7 Å². The van der Waals surface area contributed by atoms with Crippen molar-refractivity contribution >= 4 is 11.6 Å². The number of hydrazone groups is 1. The Morgan fingerprint density at radius 2 is 1.75 bits per heavy atom. The van der Waals surface area contributed by atoms with Gasteiger partial charge in [0.05, 0.1) is 19.9 Å². The van der Waals surface area contributed by atoms with E-state index in [4.69, 9.17) is 9.47 Å². The molecule has 1 amide bonds. The van der Waals surface area contributed by atoms with Gasteiger partial charge in [-0.3, -0.25) is 4.79 Å². The molecule has 2 aromatic carbocycles. The zero-order valence-electron chi connectivity index (χ0n) is 14.2. The summed E-state index contributed by atoms with van der Waals surface area (Å²) in [6, 6.07) is 15.4. The molecule has 126 valence electrons. The molecule has 0 unspecified atom stereocenters. The molecule has 0 atom stereocenters. The van der Waals surface area contributed by atoms with Crippen LogP contribution in [0, 0.1) is 0 Å². The van der Waals surface area contributed by atoms with E-state index in [1.54, 1.807) is 14.2 Å². The molecule has 2 aromatic rings. The number of hydrogen-bond acceptors (Lipinski definition) is 4. The number of carbonyl (C=O) groups is 1. The number of nitrogens with zero attached hydrogens (tertiary/aromatic N) is 1. The number of nitrogens with one attached hydrogen (secondary N) is 1. The quantitative estimate of drug-likeness (QED) is 0.628. The molecule has 0 spiro atoms. The topological polar surface area (TPSA) is 59.9 Å². The highest BCUT2D eigenvalue weighted by Gasteiger charge is 2.07. The summed E-state index contributed by atoms with van der Waals surface area (Å²) in [5.74, 6) is 1.17. The fraction of sp³-hybridized carbons (Fsp3) is 0.263. The summed E-state index contributed by atoms with van der Waals surface area (Å²) in [6.07, 6.45) is 1.09. The molecular formula is C19H22N2O3. The van der Waals surface area contributed by atoms with Gasteiger partial charge in [-0.15, -0.1) is 0 Å². The third-order valence-electron chi connectivity index (χ3n) is 3.63. The van der Waals surface area contributed by atoms with Crippen molar-refractivity contribution in [1.82, 2.24) is 5.43 Å². The third kappa shape index (κ3) is 4.84. The first-order valence-corrected chi connectivity index (χ1v) is 7.73. The molecule has 5 nitrogen and oxygen atoms in total. The van der Waals surface area contributed by atoms with E-state index in [1.165, 1.54) is 0 Å². The molecule has 0 radical (unpaired) electrons. The normalized spacial score (nSPS) is 11.0. The van der Waals surface area contributed by atoms with Gasteiger partial charge in [-0.2, -0.15) is 5.10 Å². The number of ether oxygens (including phenoxy) is 2. The van der Waals surface area contributed by atoms with Gasteiger partial charge in [-0.05, 0) is 37.1 Å². The number of amides is 1. The van der Waals surface area contributed by atoms with E-state index < -0.39 is 0 Å². The number of benzene rings is 2. The van der Waals surface area contributed by atoms with E-state index >= 15 is 0 Å². The van der Waals surface area contributed by atoms with Crippen LogP contribution < -0.4 is 14.9 Å². The molecule has 1 N–H and O–H groups in total. The maximum atomic E-state index is 11.9. The Morgan fingerprint density at radius 1 is 1.04 bits per heavy atom. The zero-order valence-corrected chi connectivity index (χ0v) is 14.2. The molecular weight excluding hydrogens is 304 g/mol. The second-order valence-electron chi connectivity index (χ2n) is 5.29. The van der Waals surface area contributed by atoms with Gasteiger partial charge >= 0.3 is 0 Å². The van der Waals surface area contributed by atoms with Crippen LogP contribution in [0.2, 0.25) is 0 Å². The molecule has 0 fully saturated rings. The van der Waals surface area contributed by atoms with Crippen LogP contribution in [-0.4, -0.2) is 25.8 Å². The summed E-state index contributed by atoms with van der Waals surface area (Å²) in [7, 11) is 3.17. The molecule has 0 heterocycles. The van der Waals surface area contributed by atoms with Crippen LogP contribution >= 0.6 is 0 Å². The van der Waals surface area contributed by atoms with Gasteiger partial charge in [0, 0.05) is 12.0 Å².